The van der Waals surface area contributed by atoms with Crippen LogP contribution < -0.4 is 20.1 Å². The molecule has 0 saturated carbocycles. The Morgan fingerprint density at radius 1 is 1.38 bits per heavy atom. The number of hydrogen-bond donors (Lipinski definition) is 2. The fourth-order valence-electron chi connectivity index (χ4n) is 2.66. The highest BCUT2D eigenvalue weighted by molar-refractivity contribution is 7.99. The standard InChI is InChI=1S/C16H23N3O5S.ClH/c1-23-14-7-11(13(19(21)22)9-15(14)24-2)3-4-18-16(20)8-12-10-25-6-5-17-12;/h7,9,12,17H,3-6,8,10H2,1-2H3,(H,18,20);1H. The van der Waals surface area contributed by atoms with E-state index >= 15 is 0 Å². The molecule has 2 rings (SSSR count). The molecular formula is C16H24ClN3O5S. The van der Waals surface area contributed by atoms with Gasteiger partial charge < -0.3 is 20.1 Å². The molecule has 1 aromatic carbocycles. The van der Waals surface area contributed by atoms with Crippen LogP contribution in [0.15, 0.2) is 12.1 Å². The number of nitrogens with zero attached hydrogens (tertiary/aromatic N) is 1. The predicted octanol–water partition coefficient (Wildman–Crippen LogP) is 1.79. The van der Waals surface area contributed by atoms with Gasteiger partial charge in [-0.2, -0.15) is 11.8 Å². The summed E-state index contributed by atoms with van der Waals surface area (Å²) in [7, 11) is 2.91. The maximum absolute atomic E-state index is 12.0. The molecule has 1 aromatic rings. The van der Waals surface area contributed by atoms with Gasteiger partial charge in [-0.15, -0.1) is 12.4 Å². The molecule has 1 saturated heterocycles. The number of benzene rings is 1. The van der Waals surface area contributed by atoms with Crippen LogP contribution in [0.2, 0.25) is 0 Å². The average molecular weight is 406 g/mol. The van der Waals surface area contributed by atoms with Gasteiger partial charge in [-0.3, -0.25) is 14.9 Å². The smallest absolute Gasteiger partial charge is 0.276 e. The van der Waals surface area contributed by atoms with E-state index in [9.17, 15) is 14.9 Å². The molecule has 26 heavy (non-hydrogen) atoms. The Hall–Kier alpha value is -1.71. The molecule has 0 radical (unpaired) electrons. The first kappa shape index (κ1) is 22.3. The van der Waals surface area contributed by atoms with E-state index in [1.165, 1.54) is 20.3 Å². The number of nitro groups is 1. The predicted molar refractivity (Wildman–Crippen MR) is 104 cm³/mol. The molecule has 1 unspecified atom stereocenters. The Bertz CT molecular complexity index is 626. The Labute approximate surface area is 162 Å². The number of carbonyl (C=O) groups excluding carboxylic acids is 1. The van der Waals surface area contributed by atoms with Crippen LogP contribution in [0.25, 0.3) is 0 Å². The summed E-state index contributed by atoms with van der Waals surface area (Å²) >= 11 is 1.84. The molecule has 1 fully saturated rings. The Morgan fingerprint density at radius 2 is 2.08 bits per heavy atom. The lowest BCUT2D eigenvalue weighted by Crippen LogP contribution is -2.41. The maximum atomic E-state index is 12.0. The summed E-state index contributed by atoms with van der Waals surface area (Å²) in [6, 6.07) is 3.12. The van der Waals surface area contributed by atoms with Crippen LogP contribution in [0, 0.1) is 10.1 Å². The zero-order valence-corrected chi connectivity index (χ0v) is 16.4. The number of rotatable bonds is 8. The summed E-state index contributed by atoms with van der Waals surface area (Å²) in [5.41, 5.74) is 0.451. The van der Waals surface area contributed by atoms with E-state index in [0.29, 0.717) is 36.4 Å². The molecule has 1 aliphatic rings. The van der Waals surface area contributed by atoms with E-state index in [-0.39, 0.29) is 30.0 Å². The molecule has 146 valence electrons. The third-order valence-corrected chi connectivity index (χ3v) is 5.06. The first-order chi connectivity index (χ1) is 12.0. The number of ether oxygens (including phenoxy) is 2. The third kappa shape index (κ3) is 6.22. The minimum Gasteiger partial charge on any atom is -0.493 e. The van der Waals surface area contributed by atoms with Crippen molar-refractivity contribution < 1.29 is 19.2 Å². The number of carbonyl (C=O) groups is 1. The minimum absolute atomic E-state index is 0. The molecule has 2 N–H and O–H groups in total. The summed E-state index contributed by atoms with van der Waals surface area (Å²) in [6.45, 7) is 1.25. The van der Waals surface area contributed by atoms with E-state index in [0.717, 1.165) is 18.1 Å². The van der Waals surface area contributed by atoms with E-state index < -0.39 is 4.92 Å². The second-order valence-electron chi connectivity index (χ2n) is 5.62. The van der Waals surface area contributed by atoms with E-state index in [2.05, 4.69) is 10.6 Å². The van der Waals surface area contributed by atoms with Crippen LogP contribution in [-0.2, 0) is 11.2 Å². The molecule has 1 heterocycles. The zero-order valence-electron chi connectivity index (χ0n) is 14.8. The highest BCUT2D eigenvalue weighted by Gasteiger charge is 2.20. The van der Waals surface area contributed by atoms with Gasteiger partial charge in [0, 0.05) is 42.6 Å². The number of amides is 1. The number of thioether (sulfide) groups is 1. The number of nitrogens with one attached hydrogen (secondary N) is 2. The molecular weight excluding hydrogens is 382 g/mol. The number of nitro benzene ring substituents is 1. The molecule has 0 aliphatic carbocycles. The molecule has 0 spiro atoms. The van der Waals surface area contributed by atoms with Gasteiger partial charge in [-0.25, -0.2) is 0 Å². The zero-order chi connectivity index (χ0) is 18.2. The van der Waals surface area contributed by atoms with Gasteiger partial charge in [0.15, 0.2) is 11.5 Å². The highest BCUT2D eigenvalue weighted by atomic mass is 35.5. The summed E-state index contributed by atoms with van der Waals surface area (Å²) in [5.74, 6) is 2.68. The minimum atomic E-state index is -0.456. The Balaban J connectivity index is 0.00000338. The first-order valence-corrected chi connectivity index (χ1v) is 9.17. The fraction of sp³-hybridized carbons (Fsp3) is 0.562. The normalized spacial score (nSPS) is 16.3. The SMILES string of the molecule is COc1cc(CCNC(=O)CC2CSCCN2)c([N+](=O)[O-])cc1OC.Cl. The van der Waals surface area contributed by atoms with Gasteiger partial charge >= 0.3 is 0 Å². The van der Waals surface area contributed by atoms with E-state index in [4.69, 9.17) is 9.47 Å². The number of halogens is 1. The molecule has 0 aromatic heterocycles. The Kier molecular flexibility index (Phi) is 9.53. The lowest BCUT2D eigenvalue weighted by molar-refractivity contribution is -0.385. The molecule has 0 bridgehead atoms. The summed E-state index contributed by atoms with van der Waals surface area (Å²) < 4.78 is 10.3. The van der Waals surface area contributed by atoms with Crippen LogP contribution >= 0.6 is 24.2 Å². The van der Waals surface area contributed by atoms with Gasteiger partial charge in [0.25, 0.3) is 5.69 Å². The largest absolute Gasteiger partial charge is 0.493 e. The van der Waals surface area contributed by atoms with Gasteiger partial charge in [0.2, 0.25) is 5.91 Å². The highest BCUT2D eigenvalue weighted by Crippen LogP contribution is 2.34. The van der Waals surface area contributed by atoms with Crippen molar-refractivity contribution in [2.75, 3.05) is 38.8 Å². The van der Waals surface area contributed by atoms with Crippen molar-refractivity contribution in [2.24, 2.45) is 0 Å². The second kappa shape index (κ2) is 11.1. The Morgan fingerprint density at radius 3 is 2.65 bits per heavy atom. The monoisotopic (exact) mass is 405 g/mol. The quantitative estimate of drug-likeness (QED) is 0.502. The van der Waals surface area contributed by atoms with E-state index in [1.807, 2.05) is 11.8 Å². The topological polar surface area (TPSA) is 103 Å². The van der Waals surface area contributed by atoms with Crippen molar-refractivity contribution in [1.82, 2.24) is 10.6 Å². The number of hydrogen-bond acceptors (Lipinski definition) is 7. The van der Waals surface area contributed by atoms with Crippen molar-refractivity contribution in [3.63, 3.8) is 0 Å². The molecule has 1 amide bonds. The molecule has 10 heteroatoms. The van der Waals surface area contributed by atoms with Crippen LogP contribution in [-0.4, -0.2) is 55.7 Å². The van der Waals surface area contributed by atoms with Crippen LogP contribution in [0.5, 0.6) is 11.5 Å². The van der Waals surface area contributed by atoms with Crippen LogP contribution in [0.1, 0.15) is 12.0 Å². The maximum Gasteiger partial charge on any atom is 0.276 e. The number of methoxy groups -OCH3 is 2. The summed E-state index contributed by atoms with van der Waals surface area (Å²) in [5, 5.41) is 17.4. The van der Waals surface area contributed by atoms with Crippen molar-refractivity contribution in [1.29, 1.82) is 0 Å². The third-order valence-electron chi connectivity index (χ3n) is 3.93. The fourth-order valence-corrected chi connectivity index (χ4v) is 3.61. The van der Waals surface area contributed by atoms with E-state index in [1.54, 1.807) is 6.07 Å². The lowest BCUT2D eigenvalue weighted by atomic mass is 10.1. The molecule has 1 atom stereocenters. The van der Waals surface area contributed by atoms with Crippen molar-refractivity contribution in [3.05, 3.63) is 27.8 Å². The van der Waals surface area contributed by atoms with Crippen molar-refractivity contribution in [3.8, 4) is 11.5 Å². The summed E-state index contributed by atoms with van der Waals surface area (Å²) in [6.07, 6.45) is 0.760. The van der Waals surface area contributed by atoms with Crippen LogP contribution in [0.3, 0.4) is 0 Å². The van der Waals surface area contributed by atoms with Crippen LogP contribution in [0.4, 0.5) is 5.69 Å². The van der Waals surface area contributed by atoms with Gasteiger partial charge in [-0.1, -0.05) is 0 Å². The lowest BCUT2D eigenvalue weighted by Gasteiger charge is -2.22. The molecule has 1 aliphatic heterocycles. The summed E-state index contributed by atoms with van der Waals surface area (Å²) in [4.78, 5) is 22.8. The molecule has 8 nitrogen and oxygen atoms in total. The van der Waals surface area contributed by atoms with Gasteiger partial charge in [0.05, 0.1) is 25.2 Å². The average Bonchev–Trinajstić information content (AvgIpc) is 2.61. The van der Waals surface area contributed by atoms with Crippen molar-refractivity contribution in [2.45, 2.75) is 18.9 Å². The first-order valence-electron chi connectivity index (χ1n) is 8.02. The second-order valence-corrected chi connectivity index (χ2v) is 6.77. The van der Waals surface area contributed by atoms with Crippen molar-refractivity contribution >= 4 is 35.8 Å². The van der Waals surface area contributed by atoms with Gasteiger partial charge in [0.1, 0.15) is 0 Å². The van der Waals surface area contributed by atoms with Gasteiger partial charge in [-0.05, 0) is 12.5 Å².